The maximum atomic E-state index is 12.9. The van der Waals surface area contributed by atoms with Crippen LogP contribution in [0.2, 0.25) is 0 Å². The molecule has 0 heterocycles. The monoisotopic (exact) mass is 896 g/mol. The van der Waals surface area contributed by atoms with Gasteiger partial charge >= 0.3 is 11.9 Å². The summed E-state index contributed by atoms with van der Waals surface area (Å²) in [5, 5.41) is 13.0. The van der Waals surface area contributed by atoms with Gasteiger partial charge in [-0.3, -0.25) is 14.4 Å². The van der Waals surface area contributed by atoms with Gasteiger partial charge in [0.15, 0.2) is 0 Å². The van der Waals surface area contributed by atoms with E-state index in [9.17, 15) is 19.5 Å². The van der Waals surface area contributed by atoms with Gasteiger partial charge in [-0.2, -0.15) is 11.8 Å². The van der Waals surface area contributed by atoms with Gasteiger partial charge in [0.05, 0.1) is 12.6 Å². The maximum Gasteiger partial charge on any atom is 0.306 e. The first kappa shape index (κ1) is 60.7. The Hall–Kier alpha value is -1.28. The van der Waals surface area contributed by atoms with Crippen molar-refractivity contribution in [1.29, 1.82) is 0 Å². The fourth-order valence-electron chi connectivity index (χ4n) is 8.28. The second-order valence-electron chi connectivity index (χ2n) is 18.8. The van der Waals surface area contributed by atoms with Gasteiger partial charge in [0.25, 0.3) is 0 Å². The molecule has 0 spiro atoms. The number of ether oxygens (including phenoxy) is 2. The Morgan fingerprint density at radius 2 is 0.726 bits per heavy atom. The number of carbonyl (C=O) groups excluding carboxylic acids is 3. The van der Waals surface area contributed by atoms with E-state index < -0.39 is 6.10 Å². The molecule has 2 N–H and O–H groups in total. The van der Waals surface area contributed by atoms with Gasteiger partial charge in [-0.15, -0.1) is 0 Å². The number of nitrogens with one attached hydrogen (secondary N) is 1. The van der Waals surface area contributed by atoms with Crippen LogP contribution in [0.1, 0.15) is 290 Å². The van der Waals surface area contributed by atoms with Crippen LogP contribution in [0.3, 0.4) is 0 Å². The van der Waals surface area contributed by atoms with Crippen molar-refractivity contribution < 1.29 is 29.0 Å². The van der Waals surface area contributed by atoms with Gasteiger partial charge in [0, 0.05) is 30.8 Å². The second kappa shape index (κ2) is 50.7. The molecule has 0 unspecified atom stereocenters. The number of hydrogen-bond acceptors (Lipinski definition) is 7. The first-order chi connectivity index (χ1) is 30.5. The lowest BCUT2D eigenvalue weighted by Gasteiger charge is -2.20. The summed E-state index contributed by atoms with van der Waals surface area (Å²) in [6.45, 7) is 6.70. The number of hydrogen-bond donors (Lipinski definition) is 2. The quantitative estimate of drug-likeness (QED) is 0.0463. The van der Waals surface area contributed by atoms with Crippen LogP contribution in [-0.2, 0) is 23.9 Å². The minimum Gasteiger partial charge on any atom is -0.462 e. The first-order valence-corrected chi connectivity index (χ1v) is 28.4. The van der Waals surface area contributed by atoms with Gasteiger partial charge in [0.2, 0.25) is 5.91 Å². The minimum absolute atomic E-state index is 0.0180. The standard InChI is InChI=1S/C54H105NO6S/c1-4-7-10-13-16-19-22-25-28-31-34-37-40-43-52(57)55-50(46-56)48-62-49-51(61-54(59)45-42-39-36-33-30-27-24-21-18-15-12-9-6-3)47-60-53(58)44-41-38-35-32-29-26-23-20-17-14-11-8-5-2/h50-51,56H,4-49H2,1-3H3,(H,55,57)/t50-,51+/m0/s1. The van der Waals surface area contributed by atoms with Crippen molar-refractivity contribution in [3.63, 3.8) is 0 Å². The molecule has 0 saturated carbocycles. The number of esters is 2. The molecule has 0 aliphatic heterocycles. The van der Waals surface area contributed by atoms with E-state index in [1.807, 2.05) is 0 Å². The average Bonchev–Trinajstić information content (AvgIpc) is 3.27. The van der Waals surface area contributed by atoms with E-state index in [0.29, 0.717) is 30.8 Å². The number of aliphatic hydroxyl groups excluding tert-OH is 1. The Balaban J connectivity index is 4.48. The average molecular weight is 897 g/mol. The summed E-state index contributed by atoms with van der Waals surface area (Å²) in [7, 11) is 0. The number of amides is 1. The van der Waals surface area contributed by atoms with E-state index in [1.54, 1.807) is 0 Å². The van der Waals surface area contributed by atoms with E-state index in [0.717, 1.165) is 51.4 Å². The van der Waals surface area contributed by atoms with Crippen LogP contribution in [0, 0.1) is 0 Å². The summed E-state index contributed by atoms with van der Waals surface area (Å²) in [4.78, 5) is 38.3. The van der Waals surface area contributed by atoms with E-state index >= 15 is 0 Å². The van der Waals surface area contributed by atoms with Crippen molar-refractivity contribution in [3.8, 4) is 0 Å². The van der Waals surface area contributed by atoms with Gasteiger partial charge in [0.1, 0.15) is 12.7 Å². The van der Waals surface area contributed by atoms with Crippen molar-refractivity contribution in [2.75, 3.05) is 24.7 Å². The Kier molecular flexibility index (Phi) is 49.7. The minimum atomic E-state index is -0.550. The molecule has 0 aliphatic carbocycles. The molecule has 8 heteroatoms. The van der Waals surface area contributed by atoms with E-state index in [-0.39, 0.29) is 37.1 Å². The molecule has 368 valence electrons. The van der Waals surface area contributed by atoms with Crippen LogP contribution in [0.4, 0.5) is 0 Å². The van der Waals surface area contributed by atoms with Crippen molar-refractivity contribution in [2.24, 2.45) is 0 Å². The zero-order valence-electron chi connectivity index (χ0n) is 41.6. The zero-order valence-corrected chi connectivity index (χ0v) is 42.4. The number of rotatable bonds is 51. The van der Waals surface area contributed by atoms with Crippen molar-refractivity contribution >= 4 is 29.6 Å². The molecule has 62 heavy (non-hydrogen) atoms. The van der Waals surface area contributed by atoms with Crippen LogP contribution < -0.4 is 5.32 Å². The highest BCUT2D eigenvalue weighted by molar-refractivity contribution is 7.99. The van der Waals surface area contributed by atoms with Crippen LogP contribution >= 0.6 is 11.8 Å². The SMILES string of the molecule is CCCCCCCCCCCCCCCC(=O)N[C@@H](CO)CSC[C@@H](COC(=O)CCCCCCCCCCCCCCC)OC(=O)CCCCCCCCCCCCCCC. The predicted molar refractivity (Wildman–Crippen MR) is 268 cm³/mol. The summed E-state index contributed by atoms with van der Waals surface area (Å²) in [5.41, 5.74) is 0. The summed E-state index contributed by atoms with van der Waals surface area (Å²) >= 11 is 1.52. The molecule has 0 aromatic heterocycles. The molecule has 7 nitrogen and oxygen atoms in total. The van der Waals surface area contributed by atoms with Crippen LogP contribution in [-0.4, -0.2) is 59.8 Å². The number of aliphatic hydroxyl groups is 1. The largest absolute Gasteiger partial charge is 0.462 e. The molecule has 0 radical (unpaired) electrons. The van der Waals surface area contributed by atoms with Crippen molar-refractivity contribution in [2.45, 2.75) is 303 Å². The molecule has 0 aliphatic rings. The molecular weight excluding hydrogens is 791 g/mol. The molecule has 0 rings (SSSR count). The predicted octanol–water partition coefficient (Wildman–Crippen LogP) is 16.1. The second-order valence-corrected chi connectivity index (χ2v) is 19.8. The molecule has 0 bridgehead atoms. The van der Waals surface area contributed by atoms with Gasteiger partial charge in [-0.1, -0.05) is 252 Å². The molecule has 0 fully saturated rings. The highest BCUT2D eigenvalue weighted by atomic mass is 32.2. The highest BCUT2D eigenvalue weighted by Crippen LogP contribution is 2.17. The molecule has 0 aromatic rings. The summed E-state index contributed by atoms with van der Waals surface area (Å²) in [5.74, 6) is 0.457. The third kappa shape index (κ3) is 46.7. The lowest BCUT2D eigenvalue weighted by molar-refractivity contribution is -0.157. The Morgan fingerprint density at radius 3 is 1.06 bits per heavy atom. The molecule has 1 amide bonds. The third-order valence-electron chi connectivity index (χ3n) is 12.4. The normalized spacial score (nSPS) is 12.4. The van der Waals surface area contributed by atoms with E-state index in [1.165, 1.54) is 211 Å². The Morgan fingerprint density at radius 1 is 0.419 bits per heavy atom. The van der Waals surface area contributed by atoms with E-state index in [2.05, 4.69) is 26.1 Å². The van der Waals surface area contributed by atoms with Gasteiger partial charge < -0.3 is 19.9 Å². The fourth-order valence-corrected chi connectivity index (χ4v) is 9.31. The molecular formula is C54H105NO6S. The van der Waals surface area contributed by atoms with Gasteiger partial charge in [-0.05, 0) is 19.3 Å². The fraction of sp³-hybridized carbons (Fsp3) is 0.944. The van der Waals surface area contributed by atoms with Gasteiger partial charge in [-0.25, -0.2) is 0 Å². The van der Waals surface area contributed by atoms with Crippen LogP contribution in [0.5, 0.6) is 0 Å². The Bertz CT molecular complexity index is 950. The number of thioether (sulfide) groups is 1. The lowest BCUT2D eigenvalue weighted by Crippen LogP contribution is -2.39. The van der Waals surface area contributed by atoms with Crippen molar-refractivity contribution in [1.82, 2.24) is 5.32 Å². The highest BCUT2D eigenvalue weighted by Gasteiger charge is 2.19. The summed E-state index contributed by atoms with van der Waals surface area (Å²) in [6.07, 6.45) is 49.9. The molecule has 2 atom stereocenters. The Labute approximate surface area is 389 Å². The zero-order chi connectivity index (χ0) is 45.2. The van der Waals surface area contributed by atoms with Crippen LogP contribution in [0.25, 0.3) is 0 Å². The number of carbonyl (C=O) groups is 3. The number of unbranched alkanes of at least 4 members (excludes halogenated alkanes) is 36. The van der Waals surface area contributed by atoms with Crippen LogP contribution in [0.15, 0.2) is 0 Å². The summed E-state index contributed by atoms with van der Waals surface area (Å²) < 4.78 is 11.5. The molecule has 0 saturated heterocycles. The summed E-state index contributed by atoms with van der Waals surface area (Å²) in [6, 6.07) is -0.366. The molecule has 0 aromatic carbocycles. The van der Waals surface area contributed by atoms with E-state index in [4.69, 9.17) is 9.47 Å². The topological polar surface area (TPSA) is 102 Å². The lowest BCUT2D eigenvalue weighted by atomic mass is 10.0. The smallest absolute Gasteiger partial charge is 0.306 e. The van der Waals surface area contributed by atoms with Crippen molar-refractivity contribution in [3.05, 3.63) is 0 Å². The first-order valence-electron chi connectivity index (χ1n) is 27.3. The third-order valence-corrected chi connectivity index (χ3v) is 13.7. The maximum absolute atomic E-state index is 12.9.